The summed E-state index contributed by atoms with van der Waals surface area (Å²) in [6.45, 7) is 3.46. The number of carbonyl (C=O) groups is 1. The van der Waals surface area contributed by atoms with Gasteiger partial charge in [0, 0.05) is 38.4 Å². The molecule has 124 valence electrons. The van der Waals surface area contributed by atoms with Gasteiger partial charge in [-0.2, -0.15) is 0 Å². The molecule has 1 aromatic rings. The van der Waals surface area contributed by atoms with Crippen molar-refractivity contribution in [3.05, 3.63) is 23.9 Å². The van der Waals surface area contributed by atoms with Crippen LogP contribution in [0, 0.1) is 0 Å². The second kappa shape index (κ2) is 8.56. The van der Waals surface area contributed by atoms with E-state index in [1.54, 1.807) is 6.20 Å². The van der Waals surface area contributed by atoms with Crippen LogP contribution in [0.25, 0.3) is 0 Å². The zero-order valence-electron chi connectivity index (χ0n) is 12.6. The van der Waals surface area contributed by atoms with Crippen LogP contribution in [-0.2, 0) is 0 Å². The molecule has 2 fully saturated rings. The van der Waals surface area contributed by atoms with Crippen LogP contribution in [0.5, 0.6) is 0 Å². The molecule has 0 bridgehead atoms. The average molecular weight is 347 g/mol. The molecule has 1 aromatic heterocycles. The number of nitrogens with zero attached hydrogens (tertiary/aromatic N) is 3. The monoisotopic (exact) mass is 346 g/mol. The second-order valence-corrected chi connectivity index (χ2v) is 5.72. The summed E-state index contributed by atoms with van der Waals surface area (Å²) >= 11 is 0. The molecule has 3 rings (SSSR count). The molecule has 0 radical (unpaired) electrons. The number of pyridine rings is 1. The summed E-state index contributed by atoms with van der Waals surface area (Å²) in [6, 6.07) is 3.85. The van der Waals surface area contributed by atoms with Gasteiger partial charge in [-0.05, 0) is 37.8 Å². The third-order valence-electron chi connectivity index (χ3n) is 4.17. The fraction of sp³-hybridized carbons (Fsp3) is 0.600. The van der Waals surface area contributed by atoms with Crippen LogP contribution in [0.4, 0.5) is 5.82 Å². The molecule has 1 unspecified atom stereocenters. The van der Waals surface area contributed by atoms with Gasteiger partial charge in [-0.3, -0.25) is 4.79 Å². The van der Waals surface area contributed by atoms with Crippen molar-refractivity contribution in [1.82, 2.24) is 9.88 Å². The Bertz CT molecular complexity index is 494. The quantitative estimate of drug-likeness (QED) is 0.890. The fourth-order valence-electron chi connectivity index (χ4n) is 3.11. The number of carbonyl (C=O) groups excluding carboxylic acids is 1. The number of amides is 1. The zero-order valence-corrected chi connectivity index (χ0v) is 14.2. The molecular weight excluding hydrogens is 323 g/mol. The van der Waals surface area contributed by atoms with E-state index in [1.165, 1.54) is 12.8 Å². The van der Waals surface area contributed by atoms with Crippen molar-refractivity contribution >= 4 is 36.5 Å². The number of nitrogens with two attached hydrogens (primary N) is 1. The Balaban J connectivity index is 0.00000121. The van der Waals surface area contributed by atoms with Gasteiger partial charge in [-0.25, -0.2) is 4.98 Å². The van der Waals surface area contributed by atoms with Gasteiger partial charge >= 0.3 is 0 Å². The summed E-state index contributed by atoms with van der Waals surface area (Å²) in [5.41, 5.74) is 6.71. The maximum absolute atomic E-state index is 12.7. The highest BCUT2D eigenvalue weighted by atomic mass is 35.5. The Morgan fingerprint density at radius 3 is 2.59 bits per heavy atom. The maximum Gasteiger partial charge on any atom is 0.257 e. The van der Waals surface area contributed by atoms with Crippen LogP contribution < -0.4 is 10.6 Å². The first kappa shape index (κ1) is 19.0. The summed E-state index contributed by atoms with van der Waals surface area (Å²) in [5, 5.41) is 0. The lowest BCUT2D eigenvalue weighted by atomic mass is 10.1. The molecule has 1 amide bonds. The molecule has 0 aliphatic carbocycles. The van der Waals surface area contributed by atoms with E-state index >= 15 is 0 Å². The Labute approximate surface area is 144 Å². The Morgan fingerprint density at radius 1 is 1.18 bits per heavy atom. The van der Waals surface area contributed by atoms with Crippen LogP contribution in [0.15, 0.2) is 18.3 Å². The normalized spacial score (nSPS) is 21.0. The van der Waals surface area contributed by atoms with Crippen LogP contribution >= 0.6 is 24.8 Å². The van der Waals surface area contributed by atoms with Gasteiger partial charge < -0.3 is 15.5 Å². The van der Waals surface area contributed by atoms with Crippen LogP contribution in [0.3, 0.4) is 0 Å². The first-order valence-electron chi connectivity index (χ1n) is 7.50. The van der Waals surface area contributed by atoms with Gasteiger partial charge in [0.05, 0.1) is 5.56 Å². The van der Waals surface area contributed by atoms with E-state index < -0.39 is 0 Å². The Hall–Kier alpha value is -1.04. The minimum atomic E-state index is 0. The highest BCUT2D eigenvalue weighted by Gasteiger charge is 2.26. The highest BCUT2D eigenvalue weighted by molar-refractivity contribution is 5.99. The van der Waals surface area contributed by atoms with E-state index in [2.05, 4.69) is 9.88 Å². The third kappa shape index (κ3) is 4.03. The molecule has 7 heteroatoms. The molecule has 22 heavy (non-hydrogen) atoms. The lowest BCUT2D eigenvalue weighted by Crippen LogP contribution is -2.46. The Morgan fingerprint density at radius 2 is 1.91 bits per heavy atom. The van der Waals surface area contributed by atoms with Crippen LogP contribution in [0.2, 0.25) is 0 Å². The van der Waals surface area contributed by atoms with Crippen molar-refractivity contribution in [2.75, 3.05) is 31.1 Å². The van der Waals surface area contributed by atoms with E-state index in [0.717, 1.165) is 43.9 Å². The number of piperidine rings is 1. The number of rotatable bonds is 2. The summed E-state index contributed by atoms with van der Waals surface area (Å²) in [7, 11) is 0. The fourth-order valence-corrected chi connectivity index (χ4v) is 3.11. The molecule has 2 aliphatic heterocycles. The second-order valence-electron chi connectivity index (χ2n) is 5.72. The minimum Gasteiger partial charge on any atom is -0.356 e. The van der Waals surface area contributed by atoms with Gasteiger partial charge in [0.25, 0.3) is 5.91 Å². The number of likely N-dealkylation sites (tertiary alicyclic amines) is 1. The molecule has 2 aliphatic rings. The van der Waals surface area contributed by atoms with E-state index in [0.29, 0.717) is 6.54 Å². The lowest BCUT2D eigenvalue weighted by Gasteiger charge is -2.31. The van der Waals surface area contributed by atoms with Gasteiger partial charge in [-0.15, -0.1) is 24.8 Å². The molecule has 2 saturated heterocycles. The van der Waals surface area contributed by atoms with Gasteiger partial charge in [-0.1, -0.05) is 0 Å². The SMILES string of the molecule is Cl.Cl.NC1CCCN(C(=O)c2cccnc2N2CCCC2)C1. The van der Waals surface area contributed by atoms with Crippen LogP contribution in [0.1, 0.15) is 36.0 Å². The smallest absolute Gasteiger partial charge is 0.257 e. The standard InChI is InChI=1S/C15H22N4O.2ClH/c16-12-5-4-10-19(11-12)15(20)13-6-3-7-17-14(13)18-8-1-2-9-18;;/h3,6-7,12H,1-2,4-5,8-11,16H2;2*1H. The van der Waals surface area contributed by atoms with Crippen molar-refractivity contribution in [2.24, 2.45) is 5.73 Å². The van der Waals surface area contributed by atoms with Gasteiger partial charge in [0.1, 0.15) is 5.82 Å². The van der Waals surface area contributed by atoms with Crippen molar-refractivity contribution < 1.29 is 4.79 Å². The number of halogens is 2. The first-order chi connectivity index (χ1) is 9.75. The number of anilines is 1. The van der Waals surface area contributed by atoms with Crippen molar-refractivity contribution in [1.29, 1.82) is 0 Å². The largest absolute Gasteiger partial charge is 0.356 e. The molecule has 3 heterocycles. The van der Waals surface area contributed by atoms with E-state index in [1.807, 2.05) is 17.0 Å². The van der Waals surface area contributed by atoms with Gasteiger partial charge in [0.2, 0.25) is 0 Å². The minimum absolute atomic E-state index is 0. The highest BCUT2D eigenvalue weighted by Crippen LogP contribution is 2.24. The van der Waals surface area contributed by atoms with Crippen molar-refractivity contribution in [2.45, 2.75) is 31.7 Å². The molecule has 0 aromatic carbocycles. The molecule has 2 N–H and O–H groups in total. The summed E-state index contributed by atoms with van der Waals surface area (Å²) in [5.74, 6) is 0.921. The molecule has 1 atom stereocenters. The van der Waals surface area contributed by atoms with Gasteiger partial charge in [0.15, 0.2) is 0 Å². The predicted octanol–water partition coefficient (Wildman–Crippen LogP) is 2.09. The predicted molar refractivity (Wildman–Crippen MR) is 93.3 cm³/mol. The Kier molecular flexibility index (Phi) is 7.39. The number of aromatic nitrogens is 1. The van der Waals surface area contributed by atoms with Crippen molar-refractivity contribution in [3.63, 3.8) is 0 Å². The number of hydrogen-bond acceptors (Lipinski definition) is 4. The van der Waals surface area contributed by atoms with Crippen molar-refractivity contribution in [3.8, 4) is 0 Å². The summed E-state index contributed by atoms with van der Waals surface area (Å²) < 4.78 is 0. The van der Waals surface area contributed by atoms with E-state index in [4.69, 9.17) is 5.73 Å². The zero-order chi connectivity index (χ0) is 13.9. The number of hydrogen-bond donors (Lipinski definition) is 1. The molecule has 5 nitrogen and oxygen atoms in total. The lowest BCUT2D eigenvalue weighted by molar-refractivity contribution is 0.0709. The third-order valence-corrected chi connectivity index (χ3v) is 4.17. The first-order valence-corrected chi connectivity index (χ1v) is 7.50. The van der Waals surface area contributed by atoms with Crippen LogP contribution in [-0.4, -0.2) is 48.0 Å². The average Bonchev–Trinajstić information content (AvgIpc) is 3.00. The van der Waals surface area contributed by atoms with E-state index in [-0.39, 0.29) is 36.8 Å². The maximum atomic E-state index is 12.7. The summed E-state index contributed by atoms with van der Waals surface area (Å²) in [4.78, 5) is 21.3. The molecule has 0 saturated carbocycles. The molecule has 0 spiro atoms. The molecular formula is C15H24Cl2N4O. The summed E-state index contributed by atoms with van der Waals surface area (Å²) in [6.07, 6.45) is 6.13. The van der Waals surface area contributed by atoms with E-state index in [9.17, 15) is 4.79 Å². The topological polar surface area (TPSA) is 62.5 Å².